The van der Waals surface area contributed by atoms with E-state index in [0.717, 1.165) is 22.3 Å². The summed E-state index contributed by atoms with van der Waals surface area (Å²) < 4.78 is 5.87. The Balaban J connectivity index is 1.56. The van der Waals surface area contributed by atoms with Crippen LogP contribution in [0.5, 0.6) is 0 Å². The van der Waals surface area contributed by atoms with Crippen molar-refractivity contribution in [3.8, 4) is 17.2 Å². The van der Waals surface area contributed by atoms with E-state index in [2.05, 4.69) is 65.5 Å². The molecule has 3 aromatic carbocycles. The molecule has 0 spiro atoms. The summed E-state index contributed by atoms with van der Waals surface area (Å²) in [5.74, 6) is 0.00195. The lowest BCUT2D eigenvalue weighted by atomic mass is 9.74. The van der Waals surface area contributed by atoms with E-state index in [9.17, 15) is 5.26 Å². The molecule has 5 rings (SSSR count). The van der Waals surface area contributed by atoms with Gasteiger partial charge in [-0.15, -0.1) is 0 Å². The molecule has 0 bridgehead atoms. The molecule has 0 aliphatic carbocycles. The van der Waals surface area contributed by atoms with Crippen LogP contribution < -0.4 is 16.6 Å². The standard InChI is InChI=1S/C25H22N4O/c26-15-20-21(18-13-11-17(12-14-18)16-7-3-1-4-8-16)22-23(19-9-5-2-6-10-19)28-29-25(22)30-24(20)27/h1-14,21-23,25,28-29H,27H2. The largest absolute Gasteiger partial charge is 0.458 e. The Hall–Kier alpha value is -3.59. The van der Waals surface area contributed by atoms with E-state index in [-0.39, 0.29) is 30.0 Å². The summed E-state index contributed by atoms with van der Waals surface area (Å²) in [4.78, 5) is 0. The highest BCUT2D eigenvalue weighted by atomic mass is 16.5. The van der Waals surface area contributed by atoms with Crippen LogP contribution in [0.3, 0.4) is 0 Å². The number of nitriles is 1. The van der Waals surface area contributed by atoms with Gasteiger partial charge in [0.25, 0.3) is 0 Å². The lowest BCUT2D eigenvalue weighted by molar-refractivity contribution is 0.0341. The van der Waals surface area contributed by atoms with Crippen molar-refractivity contribution in [1.82, 2.24) is 10.9 Å². The van der Waals surface area contributed by atoms with E-state index in [1.54, 1.807) is 0 Å². The van der Waals surface area contributed by atoms with Gasteiger partial charge in [-0.3, -0.25) is 0 Å². The molecule has 2 aliphatic rings. The average Bonchev–Trinajstić information content (AvgIpc) is 3.23. The fourth-order valence-corrected chi connectivity index (χ4v) is 4.55. The third-order valence-electron chi connectivity index (χ3n) is 5.99. The van der Waals surface area contributed by atoms with E-state index in [0.29, 0.717) is 5.57 Å². The van der Waals surface area contributed by atoms with Crippen LogP contribution in [-0.2, 0) is 4.74 Å². The van der Waals surface area contributed by atoms with Gasteiger partial charge in [-0.05, 0) is 22.3 Å². The van der Waals surface area contributed by atoms with Crippen LogP contribution in [0.2, 0.25) is 0 Å². The first-order chi connectivity index (χ1) is 14.8. The van der Waals surface area contributed by atoms with Crippen molar-refractivity contribution >= 4 is 0 Å². The number of ether oxygens (including phenoxy) is 1. The quantitative estimate of drug-likeness (QED) is 0.626. The minimum Gasteiger partial charge on any atom is -0.458 e. The zero-order valence-corrected chi connectivity index (χ0v) is 16.3. The average molecular weight is 394 g/mol. The fraction of sp³-hybridized carbons (Fsp3) is 0.160. The molecular weight excluding hydrogens is 372 g/mol. The minimum absolute atomic E-state index is 0.00792. The molecule has 5 heteroatoms. The molecule has 3 aromatic rings. The number of benzene rings is 3. The number of hydrazine groups is 1. The third kappa shape index (κ3) is 3.13. The molecule has 5 nitrogen and oxygen atoms in total. The normalized spacial score (nSPS) is 25.3. The maximum atomic E-state index is 9.89. The van der Waals surface area contributed by atoms with Gasteiger partial charge in [0.2, 0.25) is 5.88 Å². The predicted octanol–water partition coefficient (Wildman–Crippen LogP) is 3.95. The molecule has 2 aliphatic heterocycles. The molecule has 30 heavy (non-hydrogen) atoms. The Morgan fingerprint density at radius 1 is 0.767 bits per heavy atom. The molecule has 4 N–H and O–H groups in total. The van der Waals surface area contributed by atoms with E-state index in [1.165, 1.54) is 0 Å². The van der Waals surface area contributed by atoms with Crippen LogP contribution in [-0.4, -0.2) is 6.23 Å². The topological polar surface area (TPSA) is 83.1 Å². The minimum atomic E-state index is -0.314. The molecule has 4 atom stereocenters. The second-order valence-corrected chi connectivity index (χ2v) is 7.65. The van der Waals surface area contributed by atoms with Crippen molar-refractivity contribution in [2.45, 2.75) is 18.2 Å². The van der Waals surface area contributed by atoms with Gasteiger partial charge in [-0.25, -0.2) is 10.9 Å². The number of rotatable bonds is 3. The first-order valence-corrected chi connectivity index (χ1v) is 10.0. The van der Waals surface area contributed by atoms with Crippen LogP contribution in [0.4, 0.5) is 0 Å². The van der Waals surface area contributed by atoms with Crippen LogP contribution in [0.25, 0.3) is 11.1 Å². The Labute approximate surface area is 175 Å². The molecule has 2 heterocycles. The number of hydrogen-bond donors (Lipinski definition) is 3. The maximum absolute atomic E-state index is 9.89. The summed E-state index contributed by atoms with van der Waals surface area (Å²) in [6.07, 6.45) is -0.314. The second kappa shape index (κ2) is 7.68. The summed E-state index contributed by atoms with van der Waals surface area (Å²) in [5.41, 5.74) is 17.7. The van der Waals surface area contributed by atoms with Crippen molar-refractivity contribution in [1.29, 1.82) is 5.26 Å². The summed E-state index contributed by atoms with van der Waals surface area (Å²) in [5, 5.41) is 9.89. The summed E-state index contributed by atoms with van der Waals surface area (Å²) >= 11 is 0. The van der Waals surface area contributed by atoms with Crippen molar-refractivity contribution in [3.05, 3.63) is 108 Å². The van der Waals surface area contributed by atoms with Gasteiger partial charge in [0.15, 0.2) is 6.23 Å². The van der Waals surface area contributed by atoms with Gasteiger partial charge < -0.3 is 10.5 Å². The number of nitrogens with zero attached hydrogens (tertiary/aromatic N) is 1. The molecule has 4 unspecified atom stereocenters. The van der Waals surface area contributed by atoms with Crippen molar-refractivity contribution in [2.75, 3.05) is 0 Å². The highest BCUT2D eigenvalue weighted by molar-refractivity contribution is 5.64. The number of hydrogen-bond acceptors (Lipinski definition) is 5. The summed E-state index contributed by atoms with van der Waals surface area (Å²) in [7, 11) is 0. The Morgan fingerprint density at radius 3 is 2.07 bits per heavy atom. The molecule has 0 amide bonds. The SMILES string of the molecule is N#CC1=C(N)OC2NNC(c3ccccc3)C2C1c1ccc(-c2ccccc2)cc1. The van der Waals surface area contributed by atoms with Gasteiger partial charge >= 0.3 is 0 Å². The summed E-state index contributed by atoms with van der Waals surface area (Å²) in [6.45, 7) is 0. The predicted molar refractivity (Wildman–Crippen MR) is 115 cm³/mol. The highest BCUT2D eigenvalue weighted by Gasteiger charge is 2.49. The van der Waals surface area contributed by atoms with Crippen LogP contribution in [0, 0.1) is 17.2 Å². The van der Waals surface area contributed by atoms with E-state index in [4.69, 9.17) is 10.5 Å². The van der Waals surface area contributed by atoms with Gasteiger partial charge in [0.05, 0.1) is 11.6 Å². The number of nitrogens with one attached hydrogen (secondary N) is 2. The zero-order chi connectivity index (χ0) is 20.5. The number of fused-ring (bicyclic) bond motifs is 1. The Kier molecular flexibility index (Phi) is 4.72. The molecule has 0 aromatic heterocycles. The van der Waals surface area contributed by atoms with Gasteiger partial charge in [0.1, 0.15) is 6.07 Å². The van der Waals surface area contributed by atoms with Gasteiger partial charge in [-0.2, -0.15) is 5.26 Å². The second-order valence-electron chi connectivity index (χ2n) is 7.65. The Bertz CT molecular complexity index is 1100. The molecular formula is C25H22N4O. The lowest BCUT2D eigenvalue weighted by Crippen LogP contribution is -2.40. The van der Waals surface area contributed by atoms with Gasteiger partial charge in [-0.1, -0.05) is 84.9 Å². The van der Waals surface area contributed by atoms with Crippen molar-refractivity contribution in [3.63, 3.8) is 0 Å². The smallest absolute Gasteiger partial charge is 0.200 e. The summed E-state index contributed by atoms with van der Waals surface area (Å²) in [6, 6.07) is 31.2. The maximum Gasteiger partial charge on any atom is 0.200 e. The van der Waals surface area contributed by atoms with Crippen LogP contribution in [0.15, 0.2) is 96.4 Å². The van der Waals surface area contributed by atoms with Crippen molar-refractivity contribution in [2.24, 2.45) is 11.7 Å². The van der Waals surface area contributed by atoms with E-state index in [1.807, 2.05) is 36.4 Å². The van der Waals surface area contributed by atoms with Crippen LogP contribution in [0.1, 0.15) is 23.1 Å². The fourth-order valence-electron chi connectivity index (χ4n) is 4.55. The lowest BCUT2D eigenvalue weighted by Gasteiger charge is -2.36. The third-order valence-corrected chi connectivity index (χ3v) is 5.99. The van der Waals surface area contributed by atoms with Crippen LogP contribution >= 0.6 is 0 Å². The number of allylic oxidation sites excluding steroid dienone is 1. The molecule has 0 radical (unpaired) electrons. The van der Waals surface area contributed by atoms with Crippen molar-refractivity contribution < 1.29 is 4.74 Å². The highest BCUT2D eigenvalue weighted by Crippen LogP contribution is 2.47. The molecule has 148 valence electrons. The Morgan fingerprint density at radius 2 is 1.40 bits per heavy atom. The first kappa shape index (κ1) is 18.4. The van der Waals surface area contributed by atoms with E-state index >= 15 is 0 Å². The molecule has 1 fully saturated rings. The number of nitrogens with two attached hydrogens (primary N) is 1. The monoisotopic (exact) mass is 394 g/mol. The molecule has 1 saturated heterocycles. The first-order valence-electron chi connectivity index (χ1n) is 10.0. The zero-order valence-electron chi connectivity index (χ0n) is 16.3. The van der Waals surface area contributed by atoms with Gasteiger partial charge in [0, 0.05) is 11.8 Å². The van der Waals surface area contributed by atoms with E-state index < -0.39 is 0 Å². The molecule has 0 saturated carbocycles.